The van der Waals surface area contributed by atoms with Gasteiger partial charge in [-0.15, -0.1) is 0 Å². The van der Waals surface area contributed by atoms with Crippen LogP contribution in [-0.2, 0) is 9.84 Å². The van der Waals surface area contributed by atoms with Crippen LogP contribution < -0.4 is 5.43 Å². The van der Waals surface area contributed by atoms with Crippen LogP contribution in [0.3, 0.4) is 0 Å². The summed E-state index contributed by atoms with van der Waals surface area (Å²) >= 11 is 0. The molecule has 0 fully saturated rings. The zero-order valence-electron chi connectivity index (χ0n) is 13.5. The Morgan fingerprint density at radius 3 is 1.88 bits per heavy atom. The van der Waals surface area contributed by atoms with E-state index in [4.69, 9.17) is 0 Å². The minimum atomic E-state index is -3.48. The summed E-state index contributed by atoms with van der Waals surface area (Å²) in [7, 11) is -3.48. The van der Waals surface area contributed by atoms with Gasteiger partial charge in [-0.2, -0.15) is 5.10 Å². The van der Waals surface area contributed by atoms with Gasteiger partial charge in [-0.05, 0) is 29.8 Å². The number of benzene rings is 3. The lowest BCUT2D eigenvalue weighted by molar-refractivity contribution is 0.600. The molecule has 0 aromatic heterocycles. The van der Waals surface area contributed by atoms with Crippen molar-refractivity contribution < 1.29 is 8.42 Å². The number of hydrogen-bond acceptors (Lipinski definition) is 4. The first-order chi connectivity index (χ1) is 12.1. The second-order valence-electron chi connectivity index (χ2n) is 5.47. The molecule has 0 amide bonds. The molecule has 1 N–H and O–H groups in total. The Morgan fingerprint density at radius 2 is 1.28 bits per heavy atom. The minimum Gasteiger partial charge on any atom is -0.278 e. The molecular formula is C20H18N2O2S. The molecule has 0 aliphatic carbocycles. The smallest absolute Gasteiger partial charge is 0.184 e. The van der Waals surface area contributed by atoms with Crippen molar-refractivity contribution in [2.75, 3.05) is 11.2 Å². The van der Waals surface area contributed by atoms with E-state index in [1.807, 2.05) is 60.7 Å². The lowest BCUT2D eigenvalue weighted by Gasteiger charge is -2.09. The van der Waals surface area contributed by atoms with Gasteiger partial charge in [-0.25, -0.2) is 8.42 Å². The first-order valence-corrected chi connectivity index (χ1v) is 9.51. The van der Waals surface area contributed by atoms with Crippen molar-refractivity contribution >= 4 is 21.2 Å². The highest BCUT2D eigenvalue weighted by molar-refractivity contribution is 7.92. The number of hydrogen-bond donors (Lipinski definition) is 1. The first-order valence-electron chi connectivity index (χ1n) is 7.86. The third-order valence-corrected chi connectivity index (χ3v) is 5.27. The Kier molecular flexibility index (Phi) is 5.26. The number of rotatable bonds is 6. The van der Waals surface area contributed by atoms with E-state index in [9.17, 15) is 8.42 Å². The van der Waals surface area contributed by atoms with Crippen molar-refractivity contribution in [1.29, 1.82) is 0 Å². The van der Waals surface area contributed by atoms with E-state index in [2.05, 4.69) is 10.5 Å². The van der Waals surface area contributed by atoms with Crippen molar-refractivity contribution in [2.45, 2.75) is 4.90 Å². The highest BCUT2D eigenvalue weighted by Crippen LogP contribution is 2.14. The number of nitrogens with zero attached hydrogens (tertiary/aromatic N) is 1. The first kappa shape index (κ1) is 16.9. The van der Waals surface area contributed by atoms with Crippen LogP contribution >= 0.6 is 0 Å². The predicted molar refractivity (Wildman–Crippen MR) is 102 cm³/mol. The molecule has 0 radical (unpaired) electrons. The molecule has 0 bridgehead atoms. The molecule has 3 aromatic carbocycles. The topological polar surface area (TPSA) is 58.5 Å². The molecular weight excluding hydrogens is 332 g/mol. The maximum absolute atomic E-state index is 12.7. The third-order valence-electron chi connectivity index (χ3n) is 3.63. The fourth-order valence-corrected chi connectivity index (χ4v) is 3.68. The van der Waals surface area contributed by atoms with Gasteiger partial charge in [0.2, 0.25) is 0 Å². The zero-order valence-corrected chi connectivity index (χ0v) is 14.4. The highest BCUT2D eigenvalue weighted by Gasteiger charge is 2.19. The zero-order chi connectivity index (χ0) is 17.5. The summed E-state index contributed by atoms with van der Waals surface area (Å²) in [5, 5.41) is 4.36. The molecule has 0 unspecified atom stereocenters. The van der Waals surface area contributed by atoms with E-state index in [1.54, 1.807) is 30.3 Å². The van der Waals surface area contributed by atoms with Gasteiger partial charge in [0, 0.05) is 0 Å². The maximum atomic E-state index is 12.7. The maximum Gasteiger partial charge on any atom is 0.184 e. The van der Waals surface area contributed by atoms with Crippen LogP contribution in [0.5, 0.6) is 0 Å². The average Bonchev–Trinajstić information content (AvgIpc) is 2.67. The summed E-state index contributed by atoms with van der Waals surface area (Å²) in [4.78, 5) is 0.290. The highest BCUT2D eigenvalue weighted by atomic mass is 32.2. The molecule has 0 aliphatic heterocycles. The standard InChI is InChI=1S/C20H18N2O2S/c23-25(24,19-14-8-3-9-15-19)16-20(17-10-4-1-5-11-17)22-21-18-12-6-2-7-13-18/h1-15,21H,16H2. The van der Waals surface area contributed by atoms with Crippen LogP contribution in [0.1, 0.15) is 5.56 Å². The molecule has 25 heavy (non-hydrogen) atoms. The van der Waals surface area contributed by atoms with Gasteiger partial charge in [0.1, 0.15) is 0 Å². The summed E-state index contributed by atoms with van der Waals surface area (Å²) in [6.45, 7) is 0. The lowest BCUT2D eigenvalue weighted by Crippen LogP contribution is -2.18. The summed E-state index contributed by atoms with van der Waals surface area (Å²) < 4.78 is 25.4. The van der Waals surface area contributed by atoms with Crippen molar-refractivity contribution in [3.63, 3.8) is 0 Å². The molecule has 0 saturated carbocycles. The van der Waals surface area contributed by atoms with E-state index < -0.39 is 9.84 Å². The van der Waals surface area contributed by atoms with Gasteiger partial charge in [-0.3, -0.25) is 5.43 Å². The third kappa shape index (κ3) is 4.55. The largest absolute Gasteiger partial charge is 0.278 e. The second kappa shape index (κ2) is 7.77. The number of sulfone groups is 1. The van der Waals surface area contributed by atoms with Gasteiger partial charge in [0.05, 0.1) is 22.0 Å². The van der Waals surface area contributed by atoms with Crippen molar-refractivity contribution in [3.8, 4) is 0 Å². The summed E-state index contributed by atoms with van der Waals surface area (Å²) in [5.74, 6) is -0.180. The normalized spacial score (nSPS) is 11.9. The number of para-hydroxylation sites is 1. The van der Waals surface area contributed by atoms with Crippen LogP contribution in [0.4, 0.5) is 5.69 Å². The Balaban J connectivity index is 1.92. The fourth-order valence-electron chi connectivity index (χ4n) is 2.35. The minimum absolute atomic E-state index is 0.180. The Bertz CT molecular complexity index is 939. The monoisotopic (exact) mass is 350 g/mol. The summed E-state index contributed by atoms with van der Waals surface area (Å²) in [6.07, 6.45) is 0. The summed E-state index contributed by atoms with van der Waals surface area (Å²) in [5.41, 5.74) is 4.97. The van der Waals surface area contributed by atoms with Gasteiger partial charge >= 0.3 is 0 Å². The van der Waals surface area contributed by atoms with Gasteiger partial charge < -0.3 is 0 Å². The van der Waals surface area contributed by atoms with E-state index in [1.165, 1.54) is 0 Å². The van der Waals surface area contributed by atoms with E-state index in [0.29, 0.717) is 10.6 Å². The van der Waals surface area contributed by atoms with E-state index in [0.717, 1.165) is 11.3 Å². The SMILES string of the molecule is O=S(=O)(CC(=NNc1ccccc1)c1ccccc1)c1ccccc1. The summed E-state index contributed by atoms with van der Waals surface area (Å²) in [6, 6.07) is 27.2. The quantitative estimate of drug-likeness (QED) is 0.540. The molecule has 0 saturated heterocycles. The van der Waals surface area contributed by atoms with E-state index in [-0.39, 0.29) is 5.75 Å². The Hall–Kier alpha value is -2.92. The predicted octanol–water partition coefficient (Wildman–Crippen LogP) is 3.98. The number of hydrazone groups is 1. The average molecular weight is 350 g/mol. The molecule has 126 valence electrons. The van der Waals surface area contributed by atoms with Crippen LogP contribution in [0.2, 0.25) is 0 Å². The number of anilines is 1. The second-order valence-corrected chi connectivity index (χ2v) is 7.46. The van der Waals surface area contributed by atoms with Crippen molar-refractivity contribution in [2.24, 2.45) is 5.10 Å². The van der Waals surface area contributed by atoms with Crippen LogP contribution in [0, 0.1) is 0 Å². The van der Waals surface area contributed by atoms with Crippen molar-refractivity contribution in [1.82, 2.24) is 0 Å². The Morgan fingerprint density at radius 1 is 0.760 bits per heavy atom. The molecule has 4 nitrogen and oxygen atoms in total. The van der Waals surface area contributed by atoms with Crippen molar-refractivity contribution in [3.05, 3.63) is 96.6 Å². The molecule has 0 atom stereocenters. The van der Waals surface area contributed by atoms with Gasteiger partial charge in [-0.1, -0.05) is 66.7 Å². The van der Waals surface area contributed by atoms with Crippen LogP contribution in [-0.4, -0.2) is 19.9 Å². The lowest BCUT2D eigenvalue weighted by atomic mass is 10.1. The molecule has 0 aliphatic rings. The Labute approximate surface area is 147 Å². The van der Waals surface area contributed by atoms with Gasteiger partial charge in [0.25, 0.3) is 0 Å². The van der Waals surface area contributed by atoms with Gasteiger partial charge in [0.15, 0.2) is 9.84 Å². The molecule has 3 aromatic rings. The van der Waals surface area contributed by atoms with Crippen LogP contribution in [0.15, 0.2) is 101 Å². The molecule has 5 heteroatoms. The molecule has 0 spiro atoms. The molecule has 0 heterocycles. The fraction of sp³-hybridized carbons (Fsp3) is 0.0500. The van der Waals surface area contributed by atoms with Crippen LogP contribution in [0.25, 0.3) is 0 Å². The molecule has 3 rings (SSSR count). The number of nitrogens with one attached hydrogen (secondary N) is 1. The van der Waals surface area contributed by atoms with E-state index >= 15 is 0 Å².